The minimum Gasteiger partial charge on any atom is -0.372 e. The highest BCUT2D eigenvalue weighted by atomic mass is 16.5. The summed E-state index contributed by atoms with van der Waals surface area (Å²) in [7, 11) is 0. The van der Waals surface area contributed by atoms with Gasteiger partial charge in [0.25, 0.3) is 0 Å². The summed E-state index contributed by atoms with van der Waals surface area (Å²) < 4.78 is 5.77. The molecule has 2 N–H and O–H groups in total. The highest BCUT2D eigenvalue weighted by Crippen LogP contribution is 2.28. The van der Waals surface area contributed by atoms with Crippen molar-refractivity contribution in [1.82, 2.24) is 15.3 Å². The van der Waals surface area contributed by atoms with Gasteiger partial charge in [0.05, 0.1) is 24.0 Å². The fourth-order valence-corrected chi connectivity index (χ4v) is 2.76. The Labute approximate surface area is 102 Å². The van der Waals surface area contributed by atoms with Gasteiger partial charge in [-0.1, -0.05) is 6.42 Å². The predicted octanol–water partition coefficient (Wildman–Crippen LogP) is 2.47. The third-order valence-electron chi connectivity index (χ3n) is 3.78. The lowest BCUT2D eigenvalue weighted by molar-refractivity contribution is 0.0125. The van der Waals surface area contributed by atoms with Gasteiger partial charge in [-0.3, -0.25) is 0 Å². The van der Waals surface area contributed by atoms with E-state index in [4.69, 9.17) is 4.74 Å². The van der Waals surface area contributed by atoms with Crippen LogP contribution in [0, 0.1) is 0 Å². The molecular formula is C13H21N3O. The molecule has 3 heterocycles. The third kappa shape index (κ3) is 2.53. The van der Waals surface area contributed by atoms with Crippen LogP contribution in [0.4, 0.5) is 0 Å². The number of ether oxygens (including phenoxy) is 1. The van der Waals surface area contributed by atoms with E-state index in [9.17, 15) is 0 Å². The summed E-state index contributed by atoms with van der Waals surface area (Å²) in [5.41, 5.74) is 1.16. The van der Waals surface area contributed by atoms with Gasteiger partial charge < -0.3 is 15.0 Å². The van der Waals surface area contributed by atoms with Crippen molar-refractivity contribution in [2.24, 2.45) is 0 Å². The molecule has 2 fully saturated rings. The van der Waals surface area contributed by atoms with Gasteiger partial charge in [-0.05, 0) is 38.6 Å². The number of aromatic nitrogens is 2. The second-order valence-electron chi connectivity index (χ2n) is 5.08. The molecule has 17 heavy (non-hydrogen) atoms. The number of piperidine rings is 1. The summed E-state index contributed by atoms with van der Waals surface area (Å²) in [5.74, 6) is 1.09. The highest BCUT2D eigenvalue weighted by molar-refractivity contribution is 5.08. The van der Waals surface area contributed by atoms with Crippen LogP contribution in [-0.4, -0.2) is 23.1 Å². The molecule has 0 spiro atoms. The number of rotatable bonds is 2. The number of nitrogens with zero attached hydrogens (tertiary/aromatic N) is 1. The lowest BCUT2D eigenvalue weighted by Crippen LogP contribution is -2.27. The quantitative estimate of drug-likeness (QED) is 0.828. The highest BCUT2D eigenvalue weighted by Gasteiger charge is 2.21. The van der Waals surface area contributed by atoms with E-state index in [1.807, 2.05) is 6.20 Å². The van der Waals surface area contributed by atoms with Crippen LogP contribution in [0.15, 0.2) is 6.20 Å². The lowest BCUT2D eigenvalue weighted by Gasteiger charge is -2.23. The zero-order valence-corrected chi connectivity index (χ0v) is 10.2. The number of hydrogen-bond acceptors (Lipinski definition) is 3. The molecule has 3 rings (SSSR count). The van der Waals surface area contributed by atoms with E-state index >= 15 is 0 Å². The zero-order chi connectivity index (χ0) is 11.5. The first-order valence-corrected chi connectivity index (χ1v) is 6.83. The maximum absolute atomic E-state index is 5.77. The van der Waals surface area contributed by atoms with Crippen molar-refractivity contribution in [1.29, 1.82) is 0 Å². The molecule has 0 aliphatic carbocycles. The first-order valence-electron chi connectivity index (χ1n) is 6.83. The number of H-pyrrole nitrogens is 1. The Bertz CT molecular complexity index is 319. The summed E-state index contributed by atoms with van der Waals surface area (Å²) in [6.07, 6.45) is 9.57. The van der Waals surface area contributed by atoms with E-state index in [0.717, 1.165) is 31.1 Å². The fraction of sp³-hybridized carbons (Fsp3) is 0.769. The van der Waals surface area contributed by atoms with Gasteiger partial charge in [0.15, 0.2) is 0 Å². The molecule has 4 nitrogen and oxygen atoms in total. The second kappa shape index (κ2) is 5.19. The van der Waals surface area contributed by atoms with Crippen molar-refractivity contribution in [2.75, 3.05) is 13.2 Å². The van der Waals surface area contributed by atoms with E-state index in [1.165, 1.54) is 32.1 Å². The van der Waals surface area contributed by atoms with Crippen molar-refractivity contribution in [3.63, 3.8) is 0 Å². The molecule has 2 atom stereocenters. The monoisotopic (exact) mass is 235 g/mol. The topological polar surface area (TPSA) is 49.9 Å². The molecule has 4 heteroatoms. The van der Waals surface area contributed by atoms with Crippen molar-refractivity contribution >= 4 is 0 Å². The lowest BCUT2D eigenvalue weighted by atomic mass is 10.0. The molecule has 2 aliphatic rings. The van der Waals surface area contributed by atoms with Crippen molar-refractivity contribution < 1.29 is 4.74 Å². The minimum absolute atomic E-state index is 0.244. The Morgan fingerprint density at radius 1 is 1.18 bits per heavy atom. The van der Waals surface area contributed by atoms with Crippen molar-refractivity contribution in [3.8, 4) is 0 Å². The predicted molar refractivity (Wildman–Crippen MR) is 65.7 cm³/mol. The normalized spacial score (nSPS) is 30.4. The van der Waals surface area contributed by atoms with Gasteiger partial charge in [0, 0.05) is 6.61 Å². The summed E-state index contributed by atoms with van der Waals surface area (Å²) in [4.78, 5) is 7.97. The van der Waals surface area contributed by atoms with Gasteiger partial charge in [-0.25, -0.2) is 4.98 Å². The number of hydrogen-bond donors (Lipinski definition) is 2. The molecule has 2 unspecified atom stereocenters. The maximum atomic E-state index is 5.77. The van der Waals surface area contributed by atoms with Crippen LogP contribution in [0.25, 0.3) is 0 Å². The molecule has 94 valence electrons. The Kier molecular flexibility index (Phi) is 3.43. The fourth-order valence-electron chi connectivity index (χ4n) is 2.76. The maximum Gasteiger partial charge on any atom is 0.123 e. The Morgan fingerprint density at radius 3 is 2.88 bits per heavy atom. The first kappa shape index (κ1) is 11.2. The molecule has 2 aliphatic heterocycles. The van der Waals surface area contributed by atoms with Crippen LogP contribution in [0.5, 0.6) is 0 Å². The Hall–Kier alpha value is -0.870. The van der Waals surface area contributed by atoms with Crippen LogP contribution < -0.4 is 5.32 Å². The smallest absolute Gasteiger partial charge is 0.123 e. The minimum atomic E-state index is 0.244. The van der Waals surface area contributed by atoms with Crippen LogP contribution in [0.1, 0.15) is 62.2 Å². The molecule has 1 aromatic rings. The zero-order valence-electron chi connectivity index (χ0n) is 10.2. The largest absolute Gasteiger partial charge is 0.372 e. The van der Waals surface area contributed by atoms with E-state index in [0.29, 0.717) is 6.04 Å². The molecule has 0 amide bonds. The number of imidazole rings is 1. The SMILES string of the molecule is c1nc(C2CCCCN2)[nH]c1C1CCCCO1. The van der Waals surface area contributed by atoms with Gasteiger partial charge in [-0.2, -0.15) is 0 Å². The van der Waals surface area contributed by atoms with Crippen LogP contribution >= 0.6 is 0 Å². The third-order valence-corrected chi connectivity index (χ3v) is 3.78. The van der Waals surface area contributed by atoms with Gasteiger partial charge in [0.1, 0.15) is 5.82 Å². The number of aromatic amines is 1. The first-order chi connectivity index (χ1) is 8.43. The van der Waals surface area contributed by atoms with Gasteiger partial charge >= 0.3 is 0 Å². The van der Waals surface area contributed by atoms with Crippen molar-refractivity contribution in [3.05, 3.63) is 17.7 Å². The van der Waals surface area contributed by atoms with E-state index in [1.54, 1.807) is 0 Å². The second-order valence-corrected chi connectivity index (χ2v) is 5.08. The van der Waals surface area contributed by atoms with Crippen molar-refractivity contribution in [2.45, 2.75) is 50.7 Å². The summed E-state index contributed by atoms with van der Waals surface area (Å²) in [6, 6.07) is 0.418. The summed E-state index contributed by atoms with van der Waals surface area (Å²) in [5, 5.41) is 3.52. The Morgan fingerprint density at radius 2 is 2.12 bits per heavy atom. The molecule has 0 radical (unpaired) electrons. The summed E-state index contributed by atoms with van der Waals surface area (Å²) in [6.45, 7) is 2.00. The standard InChI is InChI=1S/C13H21N3O/c1-3-7-14-10(5-1)13-15-9-11(16-13)12-6-2-4-8-17-12/h9-10,12,14H,1-8H2,(H,15,16). The van der Waals surface area contributed by atoms with Gasteiger partial charge in [-0.15, -0.1) is 0 Å². The molecule has 0 aromatic carbocycles. The van der Waals surface area contributed by atoms with E-state index in [-0.39, 0.29) is 6.10 Å². The van der Waals surface area contributed by atoms with E-state index in [2.05, 4.69) is 15.3 Å². The summed E-state index contributed by atoms with van der Waals surface area (Å²) >= 11 is 0. The van der Waals surface area contributed by atoms with Crippen LogP contribution in [0.3, 0.4) is 0 Å². The molecule has 0 saturated carbocycles. The molecule has 1 aromatic heterocycles. The van der Waals surface area contributed by atoms with Gasteiger partial charge in [0.2, 0.25) is 0 Å². The average Bonchev–Trinajstić information content (AvgIpc) is 2.90. The van der Waals surface area contributed by atoms with E-state index < -0.39 is 0 Å². The van der Waals surface area contributed by atoms with Crippen LogP contribution in [0.2, 0.25) is 0 Å². The van der Waals surface area contributed by atoms with Crippen LogP contribution in [-0.2, 0) is 4.74 Å². The molecule has 2 saturated heterocycles. The number of nitrogens with one attached hydrogen (secondary N) is 2. The molecule has 0 bridgehead atoms. The molecular weight excluding hydrogens is 214 g/mol. The average molecular weight is 235 g/mol. The Balaban J connectivity index is 1.68.